The molecule has 7 aromatic rings. The highest BCUT2D eigenvalue weighted by Crippen LogP contribution is 2.52. The van der Waals surface area contributed by atoms with Gasteiger partial charge in [-0.25, -0.2) is 9.97 Å². The highest BCUT2D eigenvalue weighted by Gasteiger charge is 2.33. The Morgan fingerprint density at radius 2 is 0.289 bits per heavy atom. The zero-order chi connectivity index (χ0) is 56.2. The van der Waals surface area contributed by atoms with Gasteiger partial charge in [0.1, 0.15) is 0 Å². The molecule has 0 aliphatic carbocycles. The molecule has 8 bridgehead atoms. The minimum Gasteiger partial charge on any atom is -0.354 e. The van der Waals surface area contributed by atoms with Crippen LogP contribution < -0.4 is 0 Å². The number of rotatable bonds is 4. The third kappa shape index (κ3) is 7.35. The first-order valence-corrected chi connectivity index (χ1v) is 27.9. The molecule has 4 aromatic carbocycles. The Kier molecular flexibility index (Phi) is 13.3. The Morgan fingerprint density at radius 3 is 0.434 bits per heavy atom. The van der Waals surface area contributed by atoms with Crippen molar-refractivity contribution in [1.29, 1.82) is 0 Å². The van der Waals surface area contributed by atoms with E-state index in [4.69, 9.17) is 9.97 Å². The second kappa shape index (κ2) is 18.6. The first kappa shape index (κ1) is 54.3. The van der Waals surface area contributed by atoms with Gasteiger partial charge in [0.2, 0.25) is 0 Å². The molecule has 3 aromatic heterocycles. The van der Waals surface area contributed by atoms with Gasteiger partial charge in [-0.1, -0.05) is 0 Å². The van der Waals surface area contributed by atoms with Crippen molar-refractivity contribution in [3.05, 3.63) is 156 Å². The molecule has 76 heavy (non-hydrogen) atoms. The summed E-state index contributed by atoms with van der Waals surface area (Å²) >= 11 is 0. The van der Waals surface area contributed by atoms with Crippen molar-refractivity contribution in [2.24, 2.45) is 0 Å². The van der Waals surface area contributed by atoms with Crippen molar-refractivity contribution in [2.45, 2.75) is 194 Å². The van der Waals surface area contributed by atoms with E-state index < -0.39 is 0 Å². The molecule has 0 spiro atoms. The van der Waals surface area contributed by atoms with Crippen LogP contribution in [0.1, 0.15) is 184 Å². The third-order valence-electron chi connectivity index (χ3n) is 21.1. The molecule has 0 atom stereocenters. The van der Waals surface area contributed by atoms with Crippen molar-refractivity contribution in [1.82, 2.24) is 19.9 Å². The molecule has 394 valence electrons. The zero-order valence-electron chi connectivity index (χ0n) is 51.9. The maximum atomic E-state index is 6.17. The fourth-order valence-electron chi connectivity index (χ4n) is 13.6. The number of hydrogen-bond acceptors (Lipinski definition) is 2. The number of benzene rings is 4. The standard InChI is InChI=1S/C72H86N4/c1-29-33(5)41(13)57(42(14)34(29)6)61-65-49(21)51(23)67(73-65)62(58-43(15)35(7)30(2)36(8)44(58)16)69-53(25)55(27)71(75-69)64(60-47(19)39(11)32(4)40(12)48(60)20)72-56(28)54(26)70(76-72)63(68-52(24)50(22)66(61)74-68)59-45(17)37(9)31(3)38(10)46(59)18/h73,76H,1-28H3. The molecule has 9 rings (SSSR count). The molecule has 2 aliphatic rings. The number of fused-ring (bicyclic) bond motifs is 8. The second-order valence-electron chi connectivity index (χ2n) is 23.9. The fourth-order valence-corrected chi connectivity index (χ4v) is 13.6. The lowest BCUT2D eigenvalue weighted by molar-refractivity contribution is 1.17. The Hall–Kier alpha value is -6.52. The summed E-state index contributed by atoms with van der Waals surface area (Å²) < 4.78 is 0. The largest absolute Gasteiger partial charge is 0.354 e. The molecule has 0 radical (unpaired) electrons. The first-order chi connectivity index (χ1) is 35.4. The predicted molar refractivity (Wildman–Crippen MR) is 333 cm³/mol. The molecule has 2 N–H and O–H groups in total. The SMILES string of the molecule is CC1=C(C)c2nc1c(-c1c(C)c(C)c(C)c(C)c1C)c1[nH]c(c(C)c1C)c(-c1c(C)c(C)c(C)c(C)c1C)c1nc(c(-c3c(C)c(C)c(C)c(C)c3C)c3[nH]c(c(C)c3C)c2-c2c(C)c(C)c(C)c(C)c2C)C(C)=C1C. The molecular weight excluding hydrogens is 921 g/mol. The molecule has 0 saturated carbocycles. The third-order valence-corrected chi connectivity index (χ3v) is 21.1. The van der Waals surface area contributed by atoms with E-state index in [-0.39, 0.29) is 0 Å². The van der Waals surface area contributed by atoms with Crippen LogP contribution in [0.4, 0.5) is 0 Å². The monoisotopic (exact) mass is 1010 g/mol. The summed E-state index contributed by atoms with van der Waals surface area (Å²) in [6.45, 7) is 64.9. The summed E-state index contributed by atoms with van der Waals surface area (Å²) in [6.07, 6.45) is 0. The smallest absolute Gasteiger partial charge is 0.0769 e. The number of nitrogens with zero attached hydrogens (tertiary/aromatic N) is 2. The van der Waals surface area contributed by atoms with Crippen LogP contribution in [-0.2, 0) is 0 Å². The van der Waals surface area contributed by atoms with Crippen LogP contribution in [0.2, 0.25) is 0 Å². The van der Waals surface area contributed by atoms with E-state index in [0.29, 0.717) is 0 Å². The van der Waals surface area contributed by atoms with Crippen LogP contribution in [0.15, 0.2) is 0 Å². The average Bonchev–Trinajstić information content (AvgIpc) is 4.06. The van der Waals surface area contributed by atoms with Crippen molar-refractivity contribution in [2.75, 3.05) is 0 Å². The Morgan fingerprint density at radius 1 is 0.158 bits per heavy atom. The van der Waals surface area contributed by atoms with Gasteiger partial charge in [0, 0.05) is 22.3 Å². The Balaban J connectivity index is 1.75. The number of H-pyrrole nitrogens is 2. The van der Waals surface area contributed by atoms with Gasteiger partial charge in [-0.05, 0) is 372 Å². The lowest BCUT2D eigenvalue weighted by Crippen LogP contribution is -2.03. The van der Waals surface area contributed by atoms with Gasteiger partial charge in [-0.3, -0.25) is 0 Å². The quantitative estimate of drug-likeness (QED) is 0.185. The molecule has 0 fully saturated rings. The molecule has 0 saturated heterocycles. The average molecular weight is 1010 g/mol. The van der Waals surface area contributed by atoms with E-state index in [1.165, 1.54) is 178 Å². The minimum atomic E-state index is 1.03. The number of aromatic nitrogens is 4. The van der Waals surface area contributed by atoms with Crippen molar-refractivity contribution in [3.63, 3.8) is 0 Å². The maximum Gasteiger partial charge on any atom is 0.0769 e. The van der Waals surface area contributed by atoms with Crippen LogP contribution in [-0.4, -0.2) is 19.9 Å². The van der Waals surface area contributed by atoms with E-state index in [1.807, 2.05) is 0 Å². The molecule has 4 heteroatoms. The van der Waals surface area contributed by atoms with Gasteiger partial charge < -0.3 is 9.97 Å². The van der Waals surface area contributed by atoms with E-state index in [9.17, 15) is 0 Å². The number of aryl methyl sites for hydroxylation is 4. The van der Waals surface area contributed by atoms with Gasteiger partial charge in [-0.15, -0.1) is 0 Å². The van der Waals surface area contributed by atoms with Gasteiger partial charge in [0.25, 0.3) is 0 Å². The van der Waals surface area contributed by atoms with Crippen LogP contribution in [0.5, 0.6) is 0 Å². The fraction of sp³-hybridized carbons (Fsp3) is 0.389. The molecule has 0 unspecified atom stereocenters. The predicted octanol–water partition coefficient (Wildman–Crippen LogP) is 20.3. The minimum absolute atomic E-state index is 1.03. The maximum absolute atomic E-state index is 6.17. The van der Waals surface area contributed by atoms with Gasteiger partial charge in [0.15, 0.2) is 0 Å². The van der Waals surface area contributed by atoms with E-state index in [1.54, 1.807) is 0 Å². The molecule has 2 aliphatic heterocycles. The number of aromatic amines is 2. The van der Waals surface area contributed by atoms with Gasteiger partial charge in [-0.2, -0.15) is 0 Å². The number of nitrogens with one attached hydrogen (secondary N) is 2. The highest BCUT2D eigenvalue weighted by molar-refractivity contribution is 6.10. The summed E-state index contributed by atoms with van der Waals surface area (Å²) in [7, 11) is 0. The lowest BCUT2D eigenvalue weighted by atomic mass is 9.83. The molecule has 4 nitrogen and oxygen atoms in total. The van der Waals surface area contributed by atoms with E-state index >= 15 is 0 Å². The first-order valence-electron chi connectivity index (χ1n) is 27.9. The molecular formula is C72H86N4. The Labute approximate surface area is 456 Å². The second-order valence-corrected chi connectivity index (χ2v) is 23.9. The van der Waals surface area contributed by atoms with E-state index in [2.05, 4.69) is 204 Å². The summed E-state index contributed by atoms with van der Waals surface area (Å²) in [5.74, 6) is 0. The van der Waals surface area contributed by atoms with E-state index in [0.717, 1.165) is 67.1 Å². The summed E-state index contributed by atoms with van der Waals surface area (Å²) in [6, 6.07) is 0. The molecule has 5 heterocycles. The topological polar surface area (TPSA) is 57.4 Å². The highest BCUT2D eigenvalue weighted by atomic mass is 14.8. The van der Waals surface area contributed by atoms with Crippen LogP contribution in [0, 0.1) is 166 Å². The Bertz CT molecular complexity index is 3450. The van der Waals surface area contributed by atoms with Gasteiger partial charge >= 0.3 is 0 Å². The van der Waals surface area contributed by atoms with Crippen molar-refractivity contribution >= 4 is 44.4 Å². The lowest BCUT2D eigenvalue weighted by Gasteiger charge is -2.21. The zero-order valence-corrected chi connectivity index (χ0v) is 51.9. The summed E-state index contributed by atoms with van der Waals surface area (Å²) in [5.41, 5.74) is 54.4. The van der Waals surface area contributed by atoms with Crippen molar-refractivity contribution < 1.29 is 0 Å². The van der Waals surface area contributed by atoms with Crippen molar-refractivity contribution in [3.8, 4) is 44.5 Å². The van der Waals surface area contributed by atoms with Gasteiger partial charge in [0.05, 0.1) is 44.8 Å². The number of hydrogen-bond donors (Lipinski definition) is 2. The summed E-state index contributed by atoms with van der Waals surface area (Å²) in [5, 5.41) is 0. The van der Waals surface area contributed by atoms with Crippen LogP contribution >= 0.6 is 0 Å². The summed E-state index contributed by atoms with van der Waals surface area (Å²) in [4.78, 5) is 21.0. The normalized spacial score (nSPS) is 12.9. The van der Waals surface area contributed by atoms with Crippen LogP contribution in [0.25, 0.3) is 88.9 Å². The molecule has 0 amide bonds. The number of allylic oxidation sites excluding steroid dienone is 4. The van der Waals surface area contributed by atoms with Crippen LogP contribution in [0.3, 0.4) is 0 Å².